The Kier molecular flexibility index (Phi) is 3.99. The second-order valence-electron chi connectivity index (χ2n) is 6.12. The molecule has 3 heterocycles. The van der Waals surface area contributed by atoms with Crippen molar-refractivity contribution in [3.63, 3.8) is 0 Å². The number of carbonyl (C=O) groups excluding carboxylic acids is 1. The standard InChI is InChI=1S/C15H23N3O3/c1-11-9-13(21-17-11)12-3-2-6-18(12)14(19)15(10-16)4-7-20-8-5-15/h9,12H,2-8,10,16H2,1H3. The Bertz CT molecular complexity index is 508. The van der Waals surface area contributed by atoms with Crippen molar-refractivity contribution in [2.45, 2.75) is 38.6 Å². The minimum atomic E-state index is -0.462. The third-order valence-corrected chi connectivity index (χ3v) is 4.78. The third-order valence-electron chi connectivity index (χ3n) is 4.78. The van der Waals surface area contributed by atoms with Gasteiger partial charge in [0.15, 0.2) is 5.76 Å². The molecule has 1 atom stereocenters. The van der Waals surface area contributed by atoms with Gasteiger partial charge in [0.1, 0.15) is 0 Å². The van der Waals surface area contributed by atoms with Gasteiger partial charge in [-0.05, 0) is 32.6 Å². The molecule has 116 valence electrons. The summed E-state index contributed by atoms with van der Waals surface area (Å²) < 4.78 is 10.8. The highest BCUT2D eigenvalue weighted by molar-refractivity contribution is 5.83. The maximum atomic E-state index is 13.1. The maximum absolute atomic E-state index is 13.1. The van der Waals surface area contributed by atoms with Crippen LogP contribution < -0.4 is 5.73 Å². The zero-order valence-electron chi connectivity index (χ0n) is 12.5. The van der Waals surface area contributed by atoms with Crippen molar-refractivity contribution < 1.29 is 14.1 Å². The predicted molar refractivity (Wildman–Crippen MR) is 76.5 cm³/mol. The number of nitrogens with two attached hydrogens (primary N) is 1. The number of amides is 1. The van der Waals surface area contributed by atoms with Crippen LogP contribution in [-0.4, -0.2) is 42.3 Å². The van der Waals surface area contributed by atoms with Crippen LogP contribution in [0.4, 0.5) is 0 Å². The van der Waals surface area contributed by atoms with Crippen LogP contribution in [0, 0.1) is 12.3 Å². The lowest BCUT2D eigenvalue weighted by Crippen LogP contribution is -2.50. The highest BCUT2D eigenvalue weighted by Crippen LogP contribution is 2.39. The zero-order chi connectivity index (χ0) is 14.9. The van der Waals surface area contributed by atoms with Crippen LogP contribution >= 0.6 is 0 Å². The molecule has 6 nitrogen and oxygen atoms in total. The van der Waals surface area contributed by atoms with E-state index < -0.39 is 5.41 Å². The van der Waals surface area contributed by atoms with Gasteiger partial charge in [-0.15, -0.1) is 0 Å². The molecule has 2 aliphatic rings. The molecule has 0 aromatic carbocycles. The SMILES string of the molecule is Cc1cc(C2CCCN2C(=O)C2(CN)CCOCC2)on1. The minimum Gasteiger partial charge on any atom is -0.381 e. The van der Waals surface area contributed by atoms with Gasteiger partial charge in [-0.3, -0.25) is 4.79 Å². The molecule has 1 aromatic heterocycles. The first-order chi connectivity index (χ1) is 10.2. The van der Waals surface area contributed by atoms with Crippen LogP contribution in [0.2, 0.25) is 0 Å². The molecule has 2 fully saturated rings. The van der Waals surface area contributed by atoms with Gasteiger partial charge in [-0.2, -0.15) is 0 Å². The van der Waals surface area contributed by atoms with Crippen LogP contribution in [0.15, 0.2) is 10.6 Å². The predicted octanol–water partition coefficient (Wildman–Crippen LogP) is 1.40. The molecule has 0 spiro atoms. The molecule has 0 saturated carbocycles. The topological polar surface area (TPSA) is 81.6 Å². The summed E-state index contributed by atoms with van der Waals surface area (Å²) in [5.74, 6) is 0.947. The number of nitrogens with zero attached hydrogens (tertiary/aromatic N) is 2. The second kappa shape index (κ2) is 5.77. The van der Waals surface area contributed by atoms with Crippen LogP contribution in [0.25, 0.3) is 0 Å². The van der Waals surface area contributed by atoms with E-state index in [1.54, 1.807) is 0 Å². The van der Waals surface area contributed by atoms with Crippen molar-refractivity contribution in [3.8, 4) is 0 Å². The van der Waals surface area contributed by atoms with E-state index in [1.165, 1.54) is 0 Å². The second-order valence-corrected chi connectivity index (χ2v) is 6.12. The average molecular weight is 293 g/mol. The van der Waals surface area contributed by atoms with E-state index in [0.717, 1.165) is 30.8 Å². The highest BCUT2D eigenvalue weighted by atomic mass is 16.5. The van der Waals surface area contributed by atoms with Crippen molar-refractivity contribution in [3.05, 3.63) is 17.5 Å². The van der Waals surface area contributed by atoms with Gasteiger partial charge in [0, 0.05) is 32.4 Å². The minimum absolute atomic E-state index is 0.00460. The van der Waals surface area contributed by atoms with Gasteiger partial charge in [0.2, 0.25) is 5.91 Å². The van der Waals surface area contributed by atoms with E-state index in [2.05, 4.69) is 5.16 Å². The largest absolute Gasteiger partial charge is 0.381 e. The van der Waals surface area contributed by atoms with E-state index in [4.69, 9.17) is 15.0 Å². The van der Waals surface area contributed by atoms with E-state index in [1.807, 2.05) is 17.9 Å². The first-order valence-corrected chi connectivity index (χ1v) is 7.68. The molecule has 21 heavy (non-hydrogen) atoms. The lowest BCUT2D eigenvalue weighted by Gasteiger charge is -2.39. The number of hydrogen-bond acceptors (Lipinski definition) is 5. The molecule has 1 unspecified atom stereocenters. The molecule has 0 radical (unpaired) electrons. The number of carbonyl (C=O) groups is 1. The highest BCUT2D eigenvalue weighted by Gasteiger charge is 2.45. The molecule has 1 aromatic rings. The summed E-state index contributed by atoms with van der Waals surface area (Å²) in [6.07, 6.45) is 3.34. The lowest BCUT2D eigenvalue weighted by atomic mass is 9.78. The Morgan fingerprint density at radius 1 is 1.52 bits per heavy atom. The number of hydrogen-bond donors (Lipinski definition) is 1. The van der Waals surface area contributed by atoms with Crippen LogP contribution in [0.1, 0.15) is 43.2 Å². The van der Waals surface area contributed by atoms with Gasteiger partial charge in [-0.25, -0.2) is 0 Å². The quantitative estimate of drug-likeness (QED) is 0.911. The summed E-state index contributed by atoms with van der Waals surface area (Å²) in [5, 5.41) is 3.95. The molecule has 2 N–H and O–H groups in total. The van der Waals surface area contributed by atoms with Gasteiger partial charge < -0.3 is 19.9 Å². The third kappa shape index (κ3) is 2.58. The molecule has 0 aliphatic carbocycles. The molecular weight excluding hydrogens is 270 g/mol. The fourth-order valence-corrected chi connectivity index (χ4v) is 3.42. The fourth-order valence-electron chi connectivity index (χ4n) is 3.42. The van der Waals surface area contributed by atoms with Crippen molar-refractivity contribution in [1.29, 1.82) is 0 Å². The first kappa shape index (κ1) is 14.5. The van der Waals surface area contributed by atoms with Gasteiger partial charge in [0.25, 0.3) is 0 Å². The van der Waals surface area contributed by atoms with E-state index in [9.17, 15) is 4.79 Å². The van der Waals surface area contributed by atoms with Crippen molar-refractivity contribution >= 4 is 5.91 Å². The van der Waals surface area contributed by atoms with Gasteiger partial charge in [0.05, 0.1) is 17.2 Å². The average Bonchev–Trinajstić information content (AvgIpc) is 3.15. The molecule has 2 aliphatic heterocycles. The molecule has 0 bridgehead atoms. The first-order valence-electron chi connectivity index (χ1n) is 7.68. The number of likely N-dealkylation sites (tertiary alicyclic amines) is 1. The van der Waals surface area contributed by atoms with Gasteiger partial charge >= 0.3 is 0 Å². The molecular formula is C15H23N3O3. The van der Waals surface area contributed by atoms with Crippen molar-refractivity contribution in [2.24, 2.45) is 11.1 Å². The van der Waals surface area contributed by atoms with Crippen LogP contribution in [0.5, 0.6) is 0 Å². The number of aromatic nitrogens is 1. The smallest absolute Gasteiger partial charge is 0.230 e. The van der Waals surface area contributed by atoms with E-state index in [0.29, 0.717) is 32.6 Å². The van der Waals surface area contributed by atoms with Crippen molar-refractivity contribution in [1.82, 2.24) is 10.1 Å². The zero-order valence-corrected chi connectivity index (χ0v) is 12.5. The normalized spacial score (nSPS) is 25.2. The van der Waals surface area contributed by atoms with Crippen molar-refractivity contribution in [2.75, 3.05) is 26.3 Å². The molecule has 3 rings (SSSR count). The maximum Gasteiger partial charge on any atom is 0.230 e. The Morgan fingerprint density at radius 2 is 2.29 bits per heavy atom. The van der Waals surface area contributed by atoms with Gasteiger partial charge in [-0.1, -0.05) is 5.16 Å². The monoisotopic (exact) mass is 293 g/mol. The number of ether oxygens (including phenoxy) is 1. The Hall–Kier alpha value is -1.40. The number of rotatable bonds is 3. The van der Waals surface area contributed by atoms with E-state index >= 15 is 0 Å². The Morgan fingerprint density at radius 3 is 2.90 bits per heavy atom. The molecule has 1 amide bonds. The summed E-state index contributed by atoms with van der Waals surface area (Å²) in [4.78, 5) is 15.0. The molecule has 2 saturated heterocycles. The lowest BCUT2D eigenvalue weighted by molar-refractivity contribution is -0.148. The summed E-state index contributed by atoms with van der Waals surface area (Å²) in [6.45, 7) is 4.28. The fraction of sp³-hybridized carbons (Fsp3) is 0.733. The summed E-state index contributed by atoms with van der Waals surface area (Å²) in [5.41, 5.74) is 6.34. The van der Waals surface area contributed by atoms with Crippen LogP contribution in [0.3, 0.4) is 0 Å². The van der Waals surface area contributed by atoms with Crippen LogP contribution in [-0.2, 0) is 9.53 Å². The number of aryl methyl sites for hydroxylation is 1. The van der Waals surface area contributed by atoms with E-state index in [-0.39, 0.29) is 11.9 Å². The summed E-state index contributed by atoms with van der Waals surface area (Å²) in [7, 11) is 0. The Labute approximate surface area is 124 Å². The molecule has 6 heteroatoms. The summed E-state index contributed by atoms with van der Waals surface area (Å²) >= 11 is 0. The Balaban J connectivity index is 1.82. The summed E-state index contributed by atoms with van der Waals surface area (Å²) in [6, 6.07) is 1.93.